The fraction of sp³-hybridized carbons (Fsp3) is 0.480. The Kier molecular flexibility index (Phi) is 8.74. The van der Waals surface area contributed by atoms with Crippen molar-refractivity contribution in [1.82, 2.24) is 9.62 Å². The number of nitrogens with zero attached hydrogens (tertiary/aromatic N) is 1. The highest BCUT2D eigenvalue weighted by atomic mass is 32.2. The predicted octanol–water partition coefficient (Wildman–Crippen LogP) is 3.83. The van der Waals surface area contributed by atoms with Gasteiger partial charge in [0.25, 0.3) is 5.91 Å². The van der Waals surface area contributed by atoms with Crippen molar-refractivity contribution >= 4 is 15.9 Å². The number of hydrogen-bond donors (Lipinski definition) is 1. The van der Waals surface area contributed by atoms with Gasteiger partial charge in [0.15, 0.2) is 6.10 Å². The molecule has 0 spiro atoms. The van der Waals surface area contributed by atoms with E-state index in [1.165, 1.54) is 0 Å². The zero-order chi connectivity index (χ0) is 23.8. The monoisotopic (exact) mass is 474 g/mol. The minimum Gasteiger partial charge on any atom is -0.492 e. The van der Waals surface area contributed by atoms with Gasteiger partial charge in [0.05, 0.1) is 11.4 Å². The summed E-state index contributed by atoms with van der Waals surface area (Å²) in [7, 11) is -3.45. The molecule has 2 aromatic rings. The lowest BCUT2D eigenvalue weighted by atomic mass is 10.1. The van der Waals surface area contributed by atoms with Crippen LogP contribution in [0.4, 0.5) is 0 Å². The van der Waals surface area contributed by atoms with Gasteiger partial charge in [-0.2, -0.15) is 4.31 Å². The van der Waals surface area contributed by atoms with Crippen molar-refractivity contribution in [3.63, 3.8) is 0 Å². The first kappa shape index (κ1) is 25.1. The van der Waals surface area contributed by atoms with E-state index in [2.05, 4.69) is 5.32 Å². The molecule has 1 amide bonds. The Labute approximate surface area is 197 Å². The SMILES string of the molecule is CCC(Oc1cccc(C)c1C)C(=O)NCCOc1ccc(S(=O)(=O)N2CCCCC2)cc1. The highest BCUT2D eigenvalue weighted by Crippen LogP contribution is 2.23. The van der Waals surface area contributed by atoms with E-state index < -0.39 is 16.1 Å². The quantitative estimate of drug-likeness (QED) is 0.529. The summed E-state index contributed by atoms with van der Waals surface area (Å²) in [5.74, 6) is 1.08. The van der Waals surface area contributed by atoms with E-state index >= 15 is 0 Å². The van der Waals surface area contributed by atoms with E-state index in [0.717, 1.165) is 30.4 Å². The van der Waals surface area contributed by atoms with Gasteiger partial charge in [-0.25, -0.2) is 8.42 Å². The Hall–Kier alpha value is -2.58. The number of carbonyl (C=O) groups excluding carboxylic acids is 1. The number of sulfonamides is 1. The standard InChI is InChI=1S/C25H34N2O5S/c1-4-23(32-24-10-8-9-19(2)20(24)3)25(28)26-15-18-31-21-11-13-22(14-12-21)33(29,30)27-16-6-5-7-17-27/h8-14,23H,4-7,15-18H2,1-3H3,(H,26,28). The predicted molar refractivity (Wildman–Crippen MR) is 128 cm³/mol. The third-order valence-electron chi connectivity index (χ3n) is 5.93. The second-order valence-electron chi connectivity index (χ2n) is 8.29. The van der Waals surface area contributed by atoms with Crippen molar-refractivity contribution in [2.45, 2.75) is 57.5 Å². The fourth-order valence-electron chi connectivity index (χ4n) is 3.75. The molecule has 1 atom stereocenters. The Bertz CT molecular complexity index is 1030. The highest BCUT2D eigenvalue weighted by molar-refractivity contribution is 7.89. The smallest absolute Gasteiger partial charge is 0.261 e. The molecule has 180 valence electrons. The summed E-state index contributed by atoms with van der Waals surface area (Å²) in [6, 6.07) is 12.2. The number of hydrogen-bond acceptors (Lipinski definition) is 5. The molecule has 0 aliphatic carbocycles. The Balaban J connectivity index is 1.47. The van der Waals surface area contributed by atoms with Gasteiger partial charge in [0, 0.05) is 13.1 Å². The van der Waals surface area contributed by atoms with Crippen LogP contribution in [0.15, 0.2) is 47.4 Å². The van der Waals surface area contributed by atoms with Crippen LogP contribution in [-0.4, -0.2) is 51.0 Å². The molecule has 0 bridgehead atoms. The maximum atomic E-state index is 12.7. The van der Waals surface area contributed by atoms with Crippen LogP contribution in [0.2, 0.25) is 0 Å². The normalized spacial score (nSPS) is 15.6. The summed E-state index contributed by atoms with van der Waals surface area (Å²) < 4.78 is 38.6. The molecule has 1 N–H and O–H groups in total. The number of amides is 1. The summed E-state index contributed by atoms with van der Waals surface area (Å²) in [6.07, 6.45) is 2.85. The molecule has 0 aromatic heterocycles. The molecule has 1 fully saturated rings. The van der Waals surface area contributed by atoms with E-state index in [1.807, 2.05) is 39.0 Å². The molecule has 8 heteroatoms. The van der Waals surface area contributed by atoms with Crippen LogP contribution in [0.5, 0.6) is 11.5 Å². The second kappa shape index (κ2) is 11.5. The lowest BCUT2D eigenvalue weighted by Crippen LogP contribution is -2.39. The number of aryl methyl sites for hydroxylation is 1. The van der Waals surface area contributed by atoms with Gasteiger partial charge >= 0.3 is 0 Å². The molecule has 7 nitrogen and oxygen atoms in total. The third-order valence-corrected chi connectivity index (χ3v) is 7.85. The summed E-state index contributed by atoms with van der Waals surface area (Å²) >= 11 is 0. The maximum Gasteiger partial charge on any atom is 0.261 e. The van der Waals surface area contributed by atoms with Gasteiger partial charge < -0.3 is 14.8 Å². The molecule has 1 saturated heterocycles. The second-order valence-corrected chi connectivity index (χ2v) is 10.2. The van der Waals surface area contributed by atoms with Crippen molar-refractivity contribution < 1.29 is 22.7 Å². The molecule has 2 aromatic carbocycles. The minimum atomic E-state index is -3.45. The van der Waals surface area contributed by atoms with Gasteiger partial charge in [0.2, 0.25) is 10.0 Å². The maximum absolute atomic E-state index is 12.7. The van der Waals surface area contributed by atoms with Crippen LogP contribution in [0.3, 0.4) is 0 Å². The number of rotatable bonds is 10. The molecule has 0 saturated carbocycles. The van der Waals surface area contributed by atoms with Crippen LogP contribution in [0.25, 0.3) is 0 Å². The molecule has 3 rings (SSSR count). The Morgan fingerprint density at radius 3 is 2.42 bits per heavy atom. The average Bonchev–Trinajstić information content (AvgIpc) is 2.83. The van der Waals surface area contributed by atoms with Crippen molar-refractivity contribution in [2.75, 3.05) is 26.2 Å². The zero-order valence-electron chi connectivity index (χ0n) is 19.7. The van der Waals surface area contributed by atoms with Gasteiger partial charge in [-0.15, -0.1) is 0 Å². The first-order chi connectivity index (χ1) is 15.8. The molecule has 1 aliphatic heterocycles. The Morgan fingerprint density at radius 1 is 1.06 bits per heavy atom. The molecule has 1 heterocycles. The summed E-state index contributed by atoms with van der Waals surface area (Å²) in [6.45, 7) is 7.63. The van der Waals surface area contributed by atoms with Crippen molar-refractivity contribution in [1.29, 1.82) is 0 Å². The zero-order valence-corrected chi connectivity index (χ0v) is 20.5. The van der Waals surface area contributed by atoms with Gasteiger partial charge in [-0.1, -0.05) is 25.5 Å². The summed E-state index contributed by atoms with van der Waals surface area (Å²) in [5, 5.41) is 2.85. The van der Waals surface area contributed by atoms with Gasteiger partial charge in [-0.05, 0) is 74.6 Å². The first-order valence-corrected chi connectivity index (χ1v) is 13.0. The van der Waals surface area contributed by atoms with Gasteiger partial charge in [-0.3, -0.25) is 4.79 Å². The fourth-order valence-corrected chi connectivity index (χ4v) is 5.26. The van der Waals surface area contributed by atoms with Gasteiger partial charge in [0.1, 0.15) is 18.1 Å². The minimum absolute atomic E-state index is 0.190. The highest BCUT2D eigenvalue weighted by Gasteiger charge is 2.25. The topological polar surface area (TPSA) is 84.9 Å². The lowest BCUT2D eigenvalue weighted by molar-refractivity contribution is -0.128. The van der Waals surface area contributed by atoms with Crippen LogP contribution in [0, 0.1) is 13.8 Å². The molecular weight excluding hydrogens is 440 g/mol. The molecule has 1 unspecified atom stereocenters. The molecule has 1 aliphatic rings. The average molecular weight is 475 g/mol. The molecule has 0 radical (unpaired) electrons. The lowest BCUT2D eigenvalue weighted by Gasteiger charge is -2.25. The first-order valence-electron chi connectivity index (χ1n) is 11.6. The van der Waals surface area contributed by atoms with E-state index in [9.17, 15) is 13.2 Å². The van der Waals surface area contributed by atoms with Crippen LogP contribution >= 0.6 is 0 Å². The van der Waals surface area contributed by atoms with Crippen molar-refractivity contribution in [3.8, 4) is 11.5 Å². The Morgan fingerprint density at radius 2 is 1.76 bits per heavy atom. The molecule has 33 heavy (non-hydrogen) atoms. The van der Waals surface area contributed by atoms with E-state index in [4.69, 9.17) is 9.47 Å². The van der Waals surface area contributed by atoms with Crippen molar-refractivity contribution in [3.05, 3.63) is 53.6 Å². The number of piperidine rings is 1. The number of nitrogens with one attached hydrogen (secondary N) is 1. The van der Waals surface area contributed by atoms with E-state index in [0.29, 0.717) is 37.6 Å². The summed E-state index contributed by atoms with van der Waals surface area (Å²) in [4.78, 5) is 12.8. The summed E-state index contributed by atoms with van der Waals surface area (Å²) in [5.41, 5.74) is 2.14. The molecular formula is C25H34N2O5S. The van der Waals surface area contributed by atoms with E-state index in [-0.39, 0.29) is 17.4 Å². The van der Waals surface area contributed by atoms with Crippen molar-refractivity contribution in [2.24, 2.45) is 0 Å². The number of carbonyl (C=O) groups is 1. The van der Waals surface area contributed by atoms with Crippen LogP contribution in [-0.2, 0) is 14.8 Å². The van der Waals surface area contributed by atoms with Crippen LogP contribution in [0.1, 0.15) is 43.7 Å². The number of ether oxygens (including phenoxy) is 2. The van der Waals surface area contributed by atoms with Crippen LogP contribution < -0.4 is 14.8 Å². The third kappa shape index (κ3) is 6.48. The largest absolute Gasteiger partial charge is 0.492 e. The van der Waals surface area contributed by atoms with E-state index in [1.54, 1.807) is 28.6 Å². The number of benzene rings is 2.